The van der Waals surface area contributed by atoms with Gasteiger partial charge in [0.25, 0.3) is 0 Å². The summed E-state index contributed by atoms with van der Waals surface area (Å²) in [5.74, 6) is -0.929. The third-order valence-electron chi connectivity index (χ3n) is 2.17. The third kappa shape index (κ3) is 3.22. The average molecular weight is 254 g/mol. The van der Waals surface area contributed by atoms with E-state index >= 15 is 0 Å². The molecular weight excluding hydrogens is 242 g/mol. The summed E-state index contributed by atoms with van der Waals surface area (Å²) in [4.78, 5) is 10.8. The average Bonchev–Trinajstić information content (AvgIpc) is 2.64. The third-order valence-corrected chi connectivity index (χ3v) is 2.17. The number of anilines is 1. The van der Waals surface area contributed by atoms with Crippen LogP contribution in [0.1, 0.15) is 15.9 Å². The van der Waals surface area contributed by atoms with Gasteiger partial charge in [0.05, 0.1) is 24.0 Å². The van der Waals surface area contributed by atoms with Crippen molar-refractivity contribution in [1.82, 2.24) is 9.78 Å². The van der Waals surface area contributed by atoms with E-state index in [-0.39, 0.29) is 18.0 Å². The Kier molecular flexibility index (Phi) is 4.12. The highest BCUT2D eigenvalue weighted by atomic mass is 35.5. The molecule has 0 spiro atoms. The van der Waals surface area contributed by atoms with E-state index in [0.29, 0.717) is 12.2 Å². The number of carbonyl (C=O) groups is 1. The minimum Gasteiger partial charge on any atom is -0.478 e. The first-order chi connectivity index (χ1) is 7.65. The van der Waals surface area contributed by atoms with Crippen molar-refractivity contribution in [2.24, 2.45) is 0 Å². The van der Waals surface area contributed by atoms with E-state index in [1.165, 1.54) is 0 Å². The van der Waals surface area contributed by atoms with E-state index < -0.39 is 5.97 Å². The standard InChI is InChI=1S/C11H11N3O2.ClH/c12-10-5-13-14(7-10)6-8-2-1-3-9(4-8)11(15)16;/h1-5,7H,6,12H2,(H,15,16);1H. The molecule has 0 fully saturated rings. The number of hydrogen-bond acceptors (Lipinski definition) is 3. The van der Waals surface area contributed by atoms with Crippen LogP contribution in [0, 0.1) is 0 Å². The SMILES string of the molecule is Cl.Nc1cnn(Cc2cccc(C(=O)O)c2)c1. The number of benzene rings is 1. The first-order valence-electron chi connectivity index (χ1n) is 4.75. The number of hydrogen-bond donors (Lipinski definition) is 2. The maximum atomic E-state index is 10.8. The second-order valence-corrected chi connectivity index (χ2v) is 3.48. The summed E-state index contributed by atoms with van der Waals surface area (Å²) in [5, 5.41) is 12.9. The van der Waals surface area contributed by atoms with Crippen LogP contribution in [0.3, 0.4) is 0 Å². The van der Waals surface area contributed by atoms with Gasteiger partial charge in [0, 0.05) is 6.20 Å². The van der Waals surface area contributed by atoms with Gasteiger partial charge in [-0.15, -0.1) is 12.4 Å². The molecule has 0 unspecified atom stereocenters. The van der Waals surface area contributed by atoms with Crippen LogP contribution in [0.5, 0.6) is 0 Å². The number of carboxylic acid groups (broad SMARTS) is 1. The molecule has 0 amide bonds. The molecule has 17 heavy (non-hydrogen) atoms. The van der Waals surface area contributed by atoms with E-state index in [1.807, 2.05) is 6.07 Å². The Bertz CT molecular complexity index is 525. The van der Waals surface area contributed by atoms with Crippen LogP contribution in [-0.2, 0) is 6.54 Å². The molecule has 0 saturated carbocycles. The van der Waals surface area contributed by atoms with Crippen LogP contribution in [-0.4, -0.2) is 20.9 Å². The lowest BCUT2D eigenvalue weighted by Gasteiger charge is -2.02. The number of aromatic nitrogens is 2. The van der Waals surface area contributed by atoms with E-state index in [1.54, 1.807) is 35.3 Å². The summed E-state index contributed by atoms with van der Waals surface area (Å²) >= 11 is 0. The maximum Gasteiger partial charge on any atom is 0.335 e. The first-order valence-corrected chi connectivity index (χ1v) is 4.75. The van der Waals surface area contributed by atoms with E-state index in [9.17, 15) is 4.79 Å². The molecule has 1 aromatic carbocycles. The zero-order valence-electron chi connectivity index (χ0n) is 8.91. The molecule has 2 rings (SSSR count). The molecule has 0 aliphatic rings. The van der Waals surface area contributed by atoms with Gasteiger partial charge < -0.3 is 10.8 Å². The lowest BCUT2D eigenvalue weighted by Crippen LogP contribution is -2.02. The van der Waals surface area contributed by atoms with Crippen LogP contribution < -0.4 is 5.73 Å². The Balaban J connectivity index is 0.00000144. The van der Waals surface area contributed by atoms with Crippen molar-refractivity contribution >= 4 is 24.1 Å². The Morgan fingerprint density at radius 3 is 2.82 bits per heavy atom. The summed E-state index contributed by atoms with van der Waals surface area (Å²) < 4.78 is 1.66. The monoisotopic (exact) mass is 253 g/mol. The van der Waals surface area contributed by atoms with Crippen molar-refractivity contribution in [2.75, 3.05) is 5.73 Å². The van der Waals surface area contributed by atoms with Crippen LogP contribution in [0.4, 0.5) is 5.69 Å². The van der Waals surface area contributed by atoms with Gasteiger partial charge in [-0.25, -0.2) is 4.79 Å². The highest BCUT2D eigenvalue weighted by Crippen LogP contribution is 2.08. The van der Waals surface area contributed by atoms with Crippen LogP contribution in [0.2, 0.25) is 0 Å². The molecule has 2 aromatic rings. The van der Waals surface area contributed by atoms with Crippen LogP contribution in [0.15, 0.2) is 36.7 Å². The lowest BCUT2D eigenvalue weighted by molar-refractivity contribution is 0.0696. The van der Waals surface area contributed by atoms with Gasteiger partial charge in [-0.2, -0.15) is 5.10 Å². The largest absolute Gasteiger partial charge is 0.478 e. The lowest BCUT2D eigenvalue weighted by atomic mass is 10.1. The highest BCUT2D eigenvalue weighted by Gasteiger charge is 2.03. The molecule has 0 atom stereocenters. The minimum absolute atomic E-state index is 0. The molecule has 1 aromatic heterocycles. The van der Waals surface area contributed by atoms with Gasteiger partial charge >= 0.3 is 5.97 Å². The second-order valence-electron chi connectivity index (χ2n) is 3.48. The molecule has 0 aliphatic carbocycles. The predicted octanol–water partition coefficient (Wildman–Crippen LogP) is 1.63. The van der Waals surface area contributed by atoms with Gasteiger partial charge in [0.2, 0.25) is 0 Å². The molecular formula is C11H12ClN3O2. The van der Waals surface area contributed by atoms with Crippen molar-refractivity contribution in [3.63, 3.8) is 0 Å². The van der Waals surface area contributed by atoms with Crippen molar-refractivity contribution < 1.29 is 9.90 Å². The number of nitrogens with zero attached hydrogens (tertiary/aromatic N) is 2. The van der Waals surface area contributed by atoms with E-state index in [4.69, 9.17) is 10.8 Å². The number of halogens is 1. The summed E-state index contributed by atoms with van der Waals surface area (Å²) in [7, 11) is 0. The first kappa shape index (κ1) is 13.1. The highest BCUT2D eigenvalue weighted by molar-refractivity contribution is 5.87. The fraction of sp³-hybridized carbons (Fsp3) is 0.0909. The molecule has 0 saturated heterocycles. The minimum atomic E-state index is -0.929. The Morgan fingerprint density at radius 2 is 2.24 bits per heavy atom. The molecule has 0 bridgehead atoms. The Morgan fingerprint density at radius 1 is 1.47 bits per heavy atom. The number of aromatic carboxylic acids is 1. The summed E-state index contributed by atoms with van der Waals surface area (Å²) in [6.45, 7) is 0.512. The number of rotatable bonds is 3. The van der Waals surface area contributed by atoms with Crippen molar-refractivity contribution in [2.45, 2.75) is 6.54 Å². The fourth-order valence-electron chi connectivity index (χ4n) is 1.46. The molecule has 0 aliphatic heterocycles. The van der Waals surface area contributed by atoms with Crippen molar-refractivity contribution in [1.29, 1.82) is 0 Å². The topological polar surface area (TPSA) is 81.1 Å². The maximum absolute atomic E-state index is 10.8. The van der Waals surface area contributed by atoms with Gasteiger partial charge in [0.15, 0.2) is 0 Å². The van der Waals surface area contributed by atoms with Crippen LogP contribution in [0.25, 0.3) is 0 Å². The molecule has 3 N–H and O–H groups in total. The summed E-state index contributed by atoms with van der Waals surface area (Å²) in [5.41, 5.74) is 7.28. The molecule has 90 valence electrons. The number of carboxylic acids is 1. The summed E-state index contributed by atoms with van der Waals surface area (Å²) in [6.07, 6.45) is 3.26. The Hall–Kier alpha value is -2.01. The van der Waals surface area contributed by atoms with E-state index in [2.05, 4.69) is 5.10 Å². The Labute approximate surface area is 104 Å². The molecule has 0 radical (unpaired) electrons. The zero-order chi connectivity index (χ0) is 11.5. The molecule has 6 heteroatoms. The predicted molar refractivity (Wildman–Crippen MR) is 66.4 cm³/mol. The van der Waals surface area contributed by atoms with Crippen molar-refractivity contribution in [3.05, 3.63) is 47.8 Å². The quantitative estimate of drug-likeness (QED) is 0.871. The number of nitrogens with two attached hydrogens (primary N) is 1. The van der Waals surface area contributed by atoms with Crippen LogP contribution >= 0.6 is 12.4 Å². The normalized spacial score (nSPS) is 9.65. The zero-order valence-corrected chi connectivity index (χ0v) is 9.72. The van der Waals surface area contributed by atoms with Gasteiger partial charge in [-0.3, -0.25) is 4.68 Å². The van der Waals surface area contributed by atoms with Crippen molar-refractivity contribution in [3.8, 4) is 0 Å². The smallest absolute Gasteiger partial charge is 0.335 e. The van der Waals surface area contributed by atoms with Gasteiger partial charge in [-0.1, -0.05) is 12.1 Å². The van der Waals surface area contributed by atoms with Gasteiger partial charge in [-0.05, 0) is 17.7 Å². The molecule has 5 nitrogen and oxygen atoms in total. The van der Waals surface area contributed by atoms with E-state index in [0.717, 1.165) is 5.56 Å². The number of nitrogen functional groups attached to an aromatic ring is 1. The second kappa shape index (κ2) is 5.36. The fourth-order valence-corrected chi connectivity index (χ4v) is 1.46. The van der Waals surface area contributed by atoms with Gasteiger partial charge in [0.1, 0.15) is 0 Å². The summed E-state index contributed by atoms with van der Waals surface area (Å²) in [6, 6.07) is 6.75. The molecule has 1 heterocycles.